The first kappa shape index (κ1) is 25.1. The lowest BCUT2D eigenvalue weighted by Gasteiger charge is -2.43. The molecule has 1 fully saturated rings. The Morgan fingerprint density at radius 3 is 2.57 bits per heavy atom. The molecule has 5 rings (SSSR count). The normalized spacial score (nSPS) is 17.4. The number of rotatable bonds is 7. The van der Waals surface area contributed by atoms with Gasteiger partial charge in [0.2, 0.25) is 0 Å². The van der Waals surface area contributed by atoms with Gasteiger partial charge in [-0.15, -0.1) is 0 Å². The first-order valence-electron chi connectivity index (χ1n) is 13.0. The van der Waals surface area contributed by atoms with Gasteiger partial charge < -0.3 is 9.64 Å². The summed E-state index contributed by atoms with van der Waals surface area (Å²) in [7, 11) is 1.64. The second-order valence-corrected chi connectivity index (χ2v) is 9.77. The van der Waals surface area contributed by atoms with Gasteiger partial charge in [-0.05, 0) is 48.4 Å². The van der Waals surface area contributed by atoms with Gasteiger partial charge >= 0.3 is 0 Å². The monoisotopic (exact) mass is 498 g/mol. The van der Waals surface area contributed by atoms with Crippen LogP contribution in [0.25, 0.3) is 21.7 Å². The fourth-order valence-electron chi connectivity index (χ4n) is 5.50. The molecule has 1 aromatic heterocycles. The maximum atomic E-state index is 13.5. The molecule has 3 aromatic carbocycles. The molecule has 0 radical (unpaired) electrons. The Labute approximate surface area is 217 Å². The Morgan fingerprint density at radius 2 is 1.81 bits per heavy atom. The van der Waals surface area contributed by atoms with E-state index in [1.165, 1.54) is 0 Å². The fourth-order valence-corrected chi connectivity index (χ4v) is 5.50. The molecule has 2 unspecified atom stereocenters. The molecule has 7 heteroatoms. The summed E-state index contributed by atoms with van der Waals surface area (Å²) in [6.07, 6.45) is 0.809. The van der Waals surface area contributed by atoms with E-state index in [-0.39, 0.29) is 23.6 Å². The van der Waals surface area contributed by atoms with E-state index in [1.54, 1.807) is 11.7 Å². The van der Waals surface area contributed by atoms with Crippen molar-refractivity contribution in [1.82, 2.24) is 19.4 Å². The smallest absolute Gasteiger partial charge is 0.261 e. The number of para-hydroxylation sites is 1. The molecule has 2 atom stereocenters. The van der Waals surface area contributed by atoms with Gasteiger partial charge in [0, 0.05) is 38.3 Å². The summed E-state index contributed by atoms with van der Waals surface area (Å²) in [5.41, 5.74) is 1.40. The van der Waals surface area contributed by atoms with Crippen molar-refractivity contribution in [2.45, 2.75) is 38.9 Å². The van der Waals surface area contributed by atoms with Gasteiger partial charge in [-0.25, -0.2) is 4.98 Å². The summed E-state index contributed by atoms with van der Waals surface area (Å²) in [6, 6.07) is 21.5. The second-order valence-electron chi connectivity index (χ2n) is 9.77. The van der Waals surface area contributed by atoms with E-state index in [2.05, 4.69) is 24.8 Å². The van der Waals surface area contributed by atoms with Crippen LogP contribution >= 0.6 is 0 Å². The van der Waals surface area contributed by atoms with Crippen molar-refractivity contribution in [3.05, 3.63) is 88.5 Å². The van der Waals surface area contributed by atoms with E-state index in [1.807, 2.05) is 65.6 Å². The lowest BCUT2D eigenvalue weighted by Crippen LogP contribution is -2.55. The highest BCUT2D eigenvalue weighted by atomic mass is 16.5. The van der Waals surface area contributed by atoms with Crippen LogP contribution in [0.5, 0.6) is 0 Å². The Bertz CT molecular complexity index is 1480. The molecule has 0 bridgehead atoms. The third kappa shape index (κ3) is 4.89. The van der Waals surface area contributed by atoms with E-state index in [0.717, 1.165) is 35.1 Å². The Kier molecular flexibility index (Phi) is 7.35. The summed E-state index contributed by atoms with van der Waals surface area (Å²) < 4.78 is 7.08. The molecule has 1 amide bonds. The van der Waals surface area contributed by atoms with Crippen molar-refractivity contribution >= 4 is 27.6 Å². The van der Waals surface area contributed by atoms with E-state index in [9.17, 15) is 9.59 Å². The van der Waals surface area contributed by atoms with Crippen molar-refractivity contribution in [1.29, 1.82) is 0 Å². The first-order valence-corrected chi connectivity index (χ1v) is 13.0. The standard InChI is InChI=1S/C30H34N4O3/c1-4-27(28-31-26-12-8-7-11-25(26)30(36)34(28)17-18-37-3)32-15-16-33(21(2)20-32)29(35)24-14-13-22-9-5-6-10-23(22)19-24/h5-14,19,21,27H,4,15-18,20H2,1-3H3. The zero-order chi connectivity index (χ0) is 25.9. The number of methoxy groups -OCH3 is 1. The molecular formula is C30H34N4O3. The number of piperazine rings is 1. The van der Waals surface area contributed by atoms with E-state index < -0.39 is 0 Å². The zero-order valence-electron chi connectivity index (χ0n) is 21.8. The average Bonchev–Trinajstić information content (AvgIpc) is 2.93. The molecule has 0 N–H and O–H groups in total. The molecule has 192 valence electrons. The van der Waals surface area contributed by atoms with Gasteiger partial charge in [-0.1, -0.05) is 49.4 Å². The van der Waals surface area contributed by atoms with E-state index >= 15 is 0 Å². The topological polar surface area (TPSA) is 67.7 Å². The molecule has 4 aromatic rings. The van der Waals surface area contributed by atoms with Gasteiger partial charge in [0.1, 0.15) is 5.82 Å². The van der Waals surface area contributed by atoms with Gasteiger partial charge in [-0.2, -0.15) is 0 Å². The van der Waals surface area contributed by atoms with Crippen LogP contribution in [0.15, 0.2) is 71.5 Å². The Hall–Kier alpha value is -3.55. The number of carbonyl (C=O) groups is 1. The number of benzene rings is 3. The van der Waals surface area contributed by atoms with Gasteiger partial charge in [-0.3, -0.25) is 19.1 Å². The van der Waals surface area contributed by atoms with Crippen molar-refractivity contribution in [3.63, 3.8) is 0 Å². The lowest BCUT2D eigenvalue weighted by molar-refractivity contribution is 0.0358. The summed E-state index contributed by atoms with van der Waals surface area (Å²) in [5, 5.41) is 2.82. The molecule has 1 saturated heterocycles. The van der Waals surface area contributed by atoms with Crippen LogP contribution < -0.4 is 5.56 Å². The molecule has 0 spiro atoms. The van der Waals surface area contributed by atoms with Crippen LogP contribution in [0, 0.1) is 0 Å². The highest BCUT2D eigenvalue weighted by Crippen LogP contribution is 2.27. The van der Waals surface area contributed by atoms with Crippen LogP contribution in [0.3, 0.4) is 0 Å². The van der Waals surface area contributed by atoms with Gasteiger partial charge in [0.15, 0.2) is 0 Å². The summed E-state index contributed by atoms with van der Waals surface area (Å²) in [5.74, 6) is 0.830. The van der Waals surface area contributed by atoms with Gasteiger partial charge in [0.05, 0.1) is 30.1 Å². The third-order valence-electron chi connectivity index (χ3n) is 7.45. The minimum atomic E-state index is -0.0331. The van der Waals surface area contributed by atoms with Crippen molar-refractivity contribution < 1.29 is 9.53 Å². The Balaban J connectivity index is 1.41. The lowest BCUT2D eigenvalue weighted by atomic mass is 10.0. The highest BCUT2D eigenvalue weighted by molar-refractivity contribution is 5.98. The number of hydrogen-bond acceptors (Lipinski definition) is 5. The SMILES string of the molecule is CCC(c1nc2ccccc2c(=O)n1CCOC)N1CCN(C(=O)c2ccc3ccccc3c2)C(C)C1. The maximum Gasteiger partial charge on any atom is 0.261 e. The second kappa shape index (κ2) is 10.8. The van der Waals surface area contributed by atoms with Crippen molar-refractivity contribution in [2.75, 3.05) is 33.4 Å². The van der Waals surface area contributed by atoms with Crippen LogP contribution in [-0.4, -0.2) is 64.7 Å². The van der Waals surface area contributed by atoms with Crippen LogP contribution in [0.4, 0.5) is 0 Å². The van der Waals surface area contributed by atoms with E-state index in [0.29, 0.717) is 37.1 Å². The third-order valence-corrected chi connectivity index (χ3v) is 7.45. The molecule has 0 aliphatic carbocycles. The number of ether oxygens (including phenoxy) is 1. The zero-order valence-corrected chi connectivity index (χ0v) is 21.8. The molecule has 37 heavy (non-hydrogen) atoms. The quantitative estimate of drug-likeness (QED) is 0.376. The first-order chi connectivity index (χ1) is 18.0. The molecule has 7 nitrogen and oxygen atoms in total. The summed E-state index contributed by atoms with van der Waals surface area (Å²) in [6.45, 7) is 7.18. The predicted octanol–water partition coefficient (Wildman–Crippen LogP) is 4.49. The van der Waals surface area contributed by atoms with Crippen molar-refractivity contribution in [3.8, 4) is 0 Å². The molecular weight excluding hydrogens is 464 g/mol. The minimum Gasteiger partial charge on any atom is -0.383 e. The van der Waals surface area contributed by atoms with Crippen LogP contribution in [0.2, 0.25) is 0 Å². The molecule has 0 saturated carbocycles. The molecule has 1 aliphatic rings. The molecule has 2 heterocycles. The predicted molar refractivity (Wildman–Crippen MR) is 147 cm³/mol. The maximum absolute atomic E-state index is 13.5. The average molecular weight is 499 g/mol. The summed E-state index contributed by atoms with van der Waals surface area (Å²) >= 11 is 0. The van der Waals surface area contributed by atoms with Gasteiger partial charge in [0.25, 0.3) is 11.5 Å². The van der Waals surface area contributed by atoms with E-state index in [4.69, 9.17) is 9.72 Å². The minimum absolute atomic E-state index is 0.0290. The number of fused-ring (bicyclic) bond motifs is 2. The fraction of sp³-hybridized carbons (Fsp3) is 0.367. The number of hydrogen-bond donors (Lipinski definition) is 0. The van der Waals surface area contributed by atoms with Crippen LogP contribution in [0.1, 0.15) is 42.5 Å². The van der Waals surface area contributed by atoms with Crippen LogP contribution in [-0.2, 0) is 11.3 Å². The number of amides is 1. The number of nitrogens with zero attached hydrogens (tertiary/aromatic N) is 4. The Morgan fingerprint density at radius 1 is 1.05 bits per heavy atom. The highest BCUT2D eigenvalue weighted by Gasteiger charge is 2.33. The summed E-state index contributed by atoms with van der Waals surface area (Å²) in [4.78, 5) is 36.2. The number of carbonyl (C=O) groups excluding carboxylic acids is 1. The number of aromatic nitrogens is 2. The van der Waals surface area contributed by atoms with Crippen molar-refractivity contribution in [2.24, 2.45) is 0 Å². The molecule has 1 aliphatic heterocycles. The largest absolute Gasteiger partial charge is 0.383 e.